The van der Waals surface area contributed by atoms with Crippen LogP contribution in [0.4, 0.5) is 0 Å². The molecule has 0 aliphatic heterocycles. The molecule has 22 heavy (non-hydrogen) atoms. The summed E-state index contributed by atoms with van der Waals surface area (Å²) in [7, 11) is 0. The van der Waals surface area contributed by atoms with Gasteiger partial charge < -0.3 is 16.0 Å². The maximum absolute atomic E-state index is 12.0. The van der Waals surface area contributed by atoms with Gasteiger partial charge in [-0.25, -0.2) is 0 Å². The zero-order chi connectivity index (χ0) is 15.7. The van der Waals surface area contributed by atoms with Gasteiger partial charge in [0.2, 0.25) is 11.8 Å². The van der Waals surface area contributed by atoms with Gasteiger partial charge in [-0.15, -0.1) is 12.4 Å². The van der Waals surface area contributed by atoms with Crippen molar-refractivity contribution in [3.8, 4) is 0 Å². The second-order valence-corrected chi connectivity index (χ2v) is 5.87. The van der Waals surface area contributed by atoms with Gasteiger partial charge in [-0.3, -0.25) is 9.59 Å². The average molecular weight is 334 g/mol. The van der Waals surface area contributed by atoms with Crippen molar-refractivity contribution in [2.24, 2.45) is 11.7 Å². The first kappa shape index (κ1) is 21.2. The first-order valence-corrected chi connectivity index (χ1v) is 8.39. The van der Waals surface area contributed by atoms with Crippen molar-refractivity contribution in [2.45, 2.75) is 64.8 Å². The van der Waals surface area contributed by atoms with E-state index in [0.29, 0.717) is 25.6 Å². The Morgan fingerprint density at radius 3 is 2.23 bits per heavy atom. The van der Waals surface area contributed by atoms with Gasteiger partial charge in [0, 0.05) is 38.5 Å². The maximum atomic E-state index is 12.0. The fourth-order valence-electron chi connectivity index (χ4n) is 3.14. The normalized spacial score (nSPS) is 16.5. The first-order chi connectivity index (χ1) is 10.1. The third-order valence-corrected chi connectivity index (χ3v) is 4.50. The van der Waals surface area contributed by atoms with Crippen LogP contribution in [0.15, 0.2) is 0 Å². The molecule has 1 rings (SSSR count). The standard InChI is InChI=1S/C16H31N3O2.ClH/c1-3-19(4-2)16(21)11-10-15(20)18-14(12-17)13-8-6-5-7-9-13;/h13-14H,3-12,17H2,1-2H3,(H,18,20);1H. The lowest BCUT2D eigenvalue weighted by molar-refractivity contribution is -0.133. The Morgan fingerprint density at radius 1 is 1.14 bits per heavy atom. The predicted octanol–water partition coefficient (Wildman–Crippen LogP) is 2.08. The van der Waals surface area contributed by atoms with E-state index >= 15 is 0 Å². The molecule has 1 fully saturated rings. The summed E-state index contributed by atoms with van der Waals surface area (Å²) in [5.74, 6) is 0.514. The van der Waals surface area contributed by atoms with Gasteiger partial charge in [0.15, 0.2) is 0 Å². The summed E-state index contributed by atoms with van der Waals surface area (Å²) in [6, 6.07) is 0.0707. The lowest BCUT2D eigenvalue weighted by Gasteiger charge is -2.30. The average Bonchev–Trinajstić information content (AvgIpc) is 2.52. The van der Waals surface area contributed by atoms with Crippen LogP contribution in [0.25, 0.3) is 0 Å². The van der Waals surface area contributed by atoms with Gasteiger partial charge in [-0.05, 0) is 32.6 Å². The van der Waals surface area contributed by atoms with Gasteiger partial charge in [-0.2, -0.15) is 0 Å². The molecule has 1 aliphatic rings. The number of amides is 2. The first-order valence-electron chi connectivity index (χ1n) is 8.39. The van der Waals surface area contributed by atoms with Crippen molar-refractivity contribution in [3.63, 3.8) is 0 Å². The topological polar surface area (TPSA) is 75.4 Å². The number of nitrogens with two attached hydrogens (primary N) is 1. The molecule has 3 N–H and O–H groups in total. The monoisotopic (exact) mass is 333 g/mol. The Morgan fingerprint density at radius 2 is 1.73 bits per heavy atom. The molecule has 6 heteroatoms. The molecule has 0 spiro atoms. The number of halogens is 1. The second kappa shape index (κ2) is 11.7. The van der Waals surface area contributed by atoms with E-state index in [1.165, 1.54) is 19.3 Å². The highest BCUT2D eigenvalue weighted by Gasteiger charge is 2.24. The summed E-state index contributed by atoms with van der Waals surface area (Å²) in [5, 5.41) is 3.03. The fourth-order valence-corrected chi connectivity index (χ4v) is 3.14. The Labute approximate surface area is 140 Å². The Balaban J connectivity index is 0.00000441. The van der Waals surface area contributed by atoms with Crippen LogP contribution in [0.3, 0.4) is 0 Å². The second-order valence-electron chi connectivity index (χ2n) is 5.87. The van der Waals surface area contributed by atoms with E-state index in [0.717, 1.165) is 12.8 Å². The lowest BCUT2D eigenvalue weighted by Crippen LogP contribution is -2.46. The van der Waals surface area contributed by atoms with Gasteiger partial charge >= 0.3 is 0 Å². The number of nitrogens with zero attached hydrogens (tertiary/aromatic N) is 1. The number of hydrogen-bond donors (Lipinski definition) is 2. The van der Waals surface area contributed by atoms with Crippen LogP contribution in [0, 0.1) is 5.92 Å². The number of carbonyl (C=O) groups is 2. The van der Waals surface area contributed by atoms with Crippen LogP contribution in [-0.4, -0.2) is 42.4 Å². The lowest BCUT2D eigenvalue weighted by atomic mass is 9.84. The molecule has 130 valence electrons. The molecular weight excluding hydrogens is 302 g/mol. The molecule has 0 aromatic rings. The molecule has 1 aliphatic carbocycles. The van der Waals surface area contributed by atoms with Crippen LogP contribution in [0.2, 0.25) is 0 Å². The van der Waals surface area contributed by atoms with E-state index in [4.69, 9.17) is 5.73 Å². The molecule has 1 unspecified atom stereocenters. The number of hydrogen-bond acceptors (Lipinski definition) is 3. The summed E-state index contributed by atoms with van der Waals surface area (Å²) in [6.07, 6.45) is 6.62. The van der Waals surface area contributed by atoms with E-state index < -0.39 is 0 Å². The summed E-state index contributed by atoms with van der Waals surface area (Å²) in [4.78, 5) is 25.7. The Hall–Kier alpha value is -0.810. The fraction of sp³-hybridized carbons (Fsp3) is 0.875. The third-order valence-electron chi connectivity index (χ3n) is 4.50. The summed E-state index contributed by atoms with van der Waals surface area (Å²) >= 11 is 0. The van der Waals surface area contributed by atoms with Gasteiger partial charge in [-0.1, -0.05) is 19.3 Å². The minimum atomic E-state index is -0.0449. The minimum Gasteiger partial charge on any atom is -0.352 e. The van der Waals surface area contributed by atoms with E-state index in [9.17, 15) is 9.59 Å². The maximum Gasteiger partial charge on any atom is 0.223 e. The molecule has 0 saturated heterocycles. The summed E-state index contributed by atoms with van der Waals surface area (Å²) in [5.41, 5.74) is 5.81. The van der Waals surface area contributed by atoms with Crippen LogP contribution in [-0.2, 0) is 9.59 Å². The SMILES string of the molecule is CCN(CC)C(=O)CCC(=O)NC(CN)C1CCCCC1.Cl. The molecule has 1 saturated carbocycles. The molecule has 0 aromatic carbocycles. The zero-order valence-corrected chi connectivity index (χ0v) is 14.8. The molecule has 0 aromatic heterocycles. The molecule has 1 atom stereocenters. The highest BCUT2D eigenvalue weighted by atomic mass is 35.5. The minimum absolute atomic E-state index is 0. The van der Waals surface area contributed by atoms with Gasteiger partial charge in [0.25, 0.3) is 0 Å². The van der Waals surface area contributed by atoms with Crippen molar-refractivity contribution < 1.29 is 9.59 Å². The molecule has 5 nitrogen and oxygen atoms in total. The van der Waals surface area contributed by atoms with Crippen molar-refractivity contribution in [1.29, 1.82) is 0 Å². The van der Waals surface area contributed by atoms with Crippen molar-refractivity contribution in [1.82, 2.24) is 10.2 Å². The zero-order valence-electron chi connectivity index (χ0n) is 14.0. The van der Waals surface area contributed by atoms with Gasteiger partial charge in [0.1, 0.15) is 0 Å². The van der Waals surface area contributed by atoms with Crippen molar-refractivity contribution >= 4 is 24.2 Å². The van der Waals surface area contributed by atoms with E-state index in [-0.39, 0.29) is 43.1 Å². The molecule has 0 heterocycles. The van der Waals surface area contributed by atoms with Crippen LogP contribution in [0.1, 0.15) is 58.8 Å². The van der Waals surface area contributed by atoms with Crippen molar-refractivity contribution in [2.75, 3.05) is 19.6 Å². The smallest absolute Gasteiger partial charge is 0.223 e. The Bertz CT molecular complexity index is 329. The van der Waals surface area contributed by atoms with Crippen molar-refractivity contribution in [3.05, 3.63) is 0 Å². The summed E-state index contributed by atoms with van der Waals surface area (Å²) in [6.45, 7) is 5.79. The van der Waals surface area contributed by atoms with Crippen LogP contribution in [0.5, 0.6) is 0 Å². The molecule has 0 bridgehead atoms. The highest BCUT2D eigenvalue weighted by Crippen LogP contribution is 2.26. The number of carbonyl (C=O) groups excluding carboxylic acids is 2. The Kier molecular flexibility index (Phi) is 11.3. The van der Waals surface area contributed by atoms with E-state index in [1.807, 2.05) is 13.8 Å². The summed E-state index contributed by atoms with van der Waals surface area (Å²) < 4.78 is 0. The number of rotatable bonds is 8. The third kappa shape index (κ3) is 6.97. The van der Waals surface area contributed by atoms with E-state index in [1.54, 1.807) is 4.90 Å². The van der Waals surface area contributed by atoms with E-state index in [2.05, 4.69) is 5.32 Å². The number of nitrogens with one attached hydrogen (secondary N) is 1. The van der Waals surface area contributed by atoms with Gasteiger partial charge in [0.05, 0.1) is 0 Å². The quantitative estimate of drug-likeness (QED) is 0.714. The molecular formula is C16H32ClN3O2. The highest BCUT2D eigenvalue weighted by molar-refractivity contribution is 5.85. The largest absolute Gasteiger partial charge is 0.352 e. The van der Waals surface area contributed by atoms with Crippen LogP contribution >= 0.6 is 12.4 Å². The van der Waals surface area contributed by atoms with Crippen LogP contribution < -0.4 is 11.1 Å². The molecule has 0 radical (unpaired) electrons. The molecule has 2 amide bonds. The predicted molar refractivity (Wildman–Crippen MR) is 92.0 cm³/mol.